The van der Waals surface area contributed by atoms with Gasteiger partial charge in [-0.15, -0.1) is 0 Å². The third-order valence-corrected chi connectivity index (χ3v) is 6.17. The first-order valence-corrected chi connectivity index (χ1v) is 10.8. The molecular weight excluding hydrogens is 364 g/mol. The SMILES string of the molecule is CC1(C)C=C(CN2CCCC2)C(C)(C)N1O.Cc1ccc(S(=O)(=O)O)cc1. The number of rotatable bonds is 3. The molecule has 1 aromatic rings. The Labute approximate surface area is 163 Å². The van der Waals surface area contributed by atoms with Crippen molar-refractivity contribution in [3.63, 3.8) is 0 Å². The monoisotopic (exact) mass is 396 g/mol. The Balaban J connectivity index is 0.000000208. The van der Waals surface area contributed by atoms with Crippen molar-refractivity contribution in [3.05, 3.63) is 41.5 Å². The second kappa shape index (κ2) is 8.01. The molecule has 152 valence electrons. The van der Waals surface area contributed by atoms with Crippen molar-refractivity contribution in [1.29, 1.82) is 0 Å². The molecule has 0 radical (unpaired) electrons. The van der Waals surface area contributed by atoms with E-state index in [9.17, 15) is 13.6 Å². The van der Waals surface area contributed by atoms with Gasteiger partial charge >= 0.3 is 0 Å². The molecule has 3 rings (SSSR count). The molecule has 1 saturated heterocycles. The molecule has 0 aliphatic carbocycles. The van der Waals surface area contributed by atoms with Crippen LogP contribution in [-0.4, -0.2) is 58.9 Å². The lowest BCUT2D eigenvalue weighted by Crippen LogP contribution is -2.48. The number of hydrogen-bond acceptors (Lipinski definition) is 5. The van der Waals surface area contributed by atoms with E-state index in [1.165, 1.54) is 48.7 Å². The van der Waals surface area contributed by atoms with Crippen LogP contribution in [0.5, 0.6) is 0 Å². The van der Waals surface area contributed by atoms with Crippen molar-refractivity contribution in [1.82, 2.24) is 9.96 Å². The number of nitrogens with zero attached hydrogens (tertiary/aromatic N) is 2. The van der Waals surface area contributed by atoms with E-state index in [-0.39, 0.29) is 16.0 Å². The summed E-state index contributed by atoms with van der Waals surface area (Å²) in [7, 11) is -4.02. The van der Waals surface area contributed by atoms with E-state index >= 15 is 0 Å². The maximum absolute atomic E-state index is 10.5. The molecule has 2 heterocycles. The Morgan fingerprint density at radius 1 is 1.04 bits per heavy atom. The van der Waals surface area contributed by atoms with Gasteiger partial charge in [0.2, 0.25) is 0 Å². The summed E-state index contributed by atoms with van der Waals surface area (Å²) in [5, 5.41) is 11.7. The summed E-state index contributed by atoms with van der Waals surface area (Å²) in [6, 6.07) is 5.99. The maximum Gasteiger partial charge on any atom is 0.294 e. The van der Waals surface area contributed by atoms with E-state index in [1.54, 1.807) is 12.1 Å². The zero-order chi connectivity index (χ0) is 20.5. The highest BCUT2D eigenvalue weighted by Gasteiger charge is 2.45. The summed E-state index contributed by atoms with van der Waals surface area (Å²) in [5.41, 5.74) is 1.84. The molecule has 0 aromatic heterocycles. The molecule has 6 nitrogen and oxygen atoms in total. The van der Waals surface area contributed by atoms with Gasteiger partial charge in [-0.25, -0.2) is 0 Å². The second-order valence-corrected chi connectivity index (χ2v) is 9.89. The van der Waals surface area contributed by atoms with Crippen molar-refractivity contribution in [2.45, 2.75) is 63.4 Å². The molecule has 0 bridgehead atoms. The molecule has 0 saturated carbocycles. The molecule has 0 unspecified atom stereocenters. The van der Waals surface area contributed by atoms with Gasteiger partial charge in [0.25, 0.3) is 10.1 Å². The van der Waals surface area contributed by atoms with Gasteiger partial charge < -0.3 is 5.21 Å². The predicted molar refractivity (Wildman–Crippen MR) is 107 cm³/mol. The largest absolute Gasteiger partial charge is 0.312 e. The lowest BCUT2D eigenvalue weighted by atomic mass is 9.96. The standard InChI is InChI=1S/C13H24N2O.C7H8O3S/c1-12(2)9-11(13(3,4)15(12)16)10-14-7-5-6-8-14;1-6-2-4-7(5-3-6)11(8,9)10/h9,16H,5-8,10H2,1-4H3;2-5H,1H3,(H,8,9,10). The highest BCUT2D eigenvalue weighted by atomic mass is 32.2. The van der Waals surface area contributed by atoms with Crippen LogP contribution in [0.2, 0.25) is 0 Å². The molecule has 2 N–H and O–H groups in total. The Morgan fingerprint density at radius 3 is 1.96 bits per heavy atom. The van der Waals surface area contributed by atoms with Crippen molar-refractivity contribution in [2.75, 3.05) is 19.6 Å². The average molecular weight is 397 g/mol. The molecule has 2 aliphatic rings. The van der Waals surface area contributed by atoms with Gasteiger partial charge in [0.15, 0.2) is 0 Å². The van der Waals surface area contributed by atoms with E-state index in [4.69, 9.17) is 4.55 Å². The Morgan fingerprint density at radius 2 is 1.56 bits per heavy atom. The van der Waals surface area contributed by atoms with Crippen LogP contribution in [0.3, 0.4) is 0 Å². The molecule has 1 fully saturated rings. The number of hydrogen-bond donors (Lipinski definition) is 2. The van der Waals surface area contributed by atoms with E-state index in [0.29, 0.717) is 0 Å². The second-order valence-electron chi connectivity index (χ2n) is 8.47. The quantitative estimate of drug-likeness (QED) is 0.601. The van der Waals surface area contributed by atoms with Crippen LogP contribution in [0.4, 0.5) is 0 Å². The normalized spacial score (nSPS) is 22.3. The fourth-order valence-electron chi connectivity index (χ4n) is 3.65. The van der Waals surface area contributed by atoms with E-state index in [1.807, 2.05) is 6.92 Å². The maximum atomic E-state index is 10.5. The minimum atomic E-state index is -4.02. The molecule has 0 spiro atoms. The van der Waals surface area contributed by atoms with E-state index in [0.717, 1.165) is 12.1 Å². The Hall–Kier alpha value is -1.25. The lowest BCUT2D eigenvalue weighted by molar-refractivity contribution is -0.185. The van der Waals surface area contributed by atoms with Gasteiger partial charge in [0.05, 0.1) is 16.0 Å². The molecule has 2 aliphatic heterocycles. The first-order chi connectivity index (χ1) is 12.3. The van der Waals surface area contributed by atoms with Crippen LogP contribution in [0, 0.1) is 6.92 Å². The van der Waals surface area contributed by atoms with Gasteiger partial charge in [-0.2, -0.15) is 13.5 Å². The lowest BCUT2D eigenvalue weighted by Gasteiger charge is -2.37. The van der Waals surface area contributed by atoms with E-state index < -0.39 is 10.1 Å². The first kappa shape index (κ1) is 22.0. The van der Waals surface area contributed by atoms with Gasteiger partial charge in [-0.05, 0) is 78.3 Å². The zero-order valence-corrected chi connectivity index (χ0v) is 17.8. The van der Waals surface area contributed by atoms with Crippen LogP contribution >= 0.6 is 0 Å². The number of benzene rings is 1. The first-order valence-electron chi connectivity index (χ1n) is 9.32. The van der Waals surface area contributed by atoms with Crippen molar-refractivity contribution in [2.24, 2.45) is 0 Å². The summed E-state index contributed by atoms with van der Waals surface area (Å²) >= 11 is 0. The van der Waals surface area contributed by atoms with Crippen molar-refractivity contribution >= 4 is 10.1 Å². The van der Waals surface area contributed by atoms with Crippen LogP contribution in [0.15, 0.2) is 40.8 Å². The average Bonchev–Trinajstić information content (AvgIpc) is 3.11. The summed E-state index contributed by atoms with van der Waals surface area (Å²) < 4.78 is 29.6. The fourth-order valence-corrected chi connectivity index (χ4v) is 4.13. The van der Waals surface area contributed by atoms with Gasteiger partial charge in [0, 0.05) is 6.54 Å². The smallest absolute Gasteiger partial charge is 0.294 e. The molecule has 7 heteroatoms. The molecule has 0 atom stereocenters. The zero-order valence-electron chi connectivity index (χ0n) is 16.9. The van der Waals surface area contributed by atoms with Crippen LogP contribution in [0.25, 0.3) is 0 Å². The summed E-state index contributed by atoms with van der Waals surface area (Å²) in [5.74, 6) is 0. The van der Waals surface area contributed by atoms with Gasteiger partial charge in [-0.1, -0.05) is 23.8 Å². The third kappa shape index (κ3) is 5.39. The van der Waals surface area contributed by atoms with Crippen LogP contribution < -0.4 is 0 Å². The summed E-state index contributed by atoms with van der Waals surface area (Å²) in [4.78, 5) is 2.42. The highest BCUT2D eigenvalue weighted by molar-refractivity contribution is 7.85. The summed E-state index contributed by atoms with van der Waals surface area (Å²) in [6.45, 7) is 13.6. The number of likely N-dealkylation sites (tertiary alicyclic amines) is 1. The number of hydroxylamine groups is 2. The Bertz CT molecular complexity index is 777. The van der Waals surface area contributed by atoms with Crippen molar-refractivity contribution in [3.8, 4) is 0 Å². The minimum Gasteiger partial charge on any atom is -0.312 e. The van der Waals surface area contributed by atoms with Gasteiger partial charge in [0.1, 0.15) is 0 Å². The molecule has 0 amide bonds. The minimum absolute atomic E-state index is 0.0666. The Kier molecular flexibility index (Phi) is 6.54. The highest BCUT2D eigenvalue weighted by Crippen LogP contribution is 2.38. The van der Waals surface area contributed by atoms with Crippen molar-refractivity contribution < 1.29 is 18.2 Å². The molecule has 1 aromatic carbocycles. The fraction of sp³-hybridized carbons (Fsp3) is 0.600. The number of aryl methyl sites for hydroxylation is 1. The molecule has 27 heavy (non-hydrogen) atoms. The predicted octanol–water partition coefficient (Wildman–Crippen LogP) is 3.51. The summed E-state index contributed by atoms with van der Waals surface area (Å²) in [6.07, 6.45) is 4.87. The topological polar surface area (TPSA) is 81.1 Å². The van der Waals surface area contributed by atoms with Crippen LogP contribution in [-0.2, 0) is 10.1 Å². The molecular formula is C20H32N2O4S. The van der Waals surface area contributed by atoms with Crippen LogP contribution in [0.1, 0.15) is 46.1 Å². The van der Waals surface area contributed by atoms with Gasteiger partial charge in [-0.3, -0.25) is 9.45 Å². The van der Waals surface area contributed by atoms with E-state index in [2.05, 4.69) is 38.7 Å². The third-order valence-electron chi connectivity index (χ3n) is 5.30.